The van der Waals surface area contributed by atoms with E-state index >= 15 is 0 Å². The summed E-state index contributed by atoms with van der Waals surface area (Å²) < 4.78 is 0. The Balaban J connectivity index is 1.25. The first kappa shape index (κ1) is 81.0. The third-order valence-electron chi connectivity index (χ3n) is 18.5. The van der Waals surface area contributed by atoms with Crippen LogP contribution in [0.15, 0.2) is 121 Å². The number of rotatable bonds is 40. The van der Waals surface area contributed by atoms with Crippen LogP contribution in [0.4, 0.5) is 0 Å². The van der Waals surface area contributed by atoms with Gasteiger partial charge in [0.05, 0.1) is 22.8 Å². The van der Waals surface area contributed by atoms with Gasteiger partial charge < -0.3 is 98.4 Å². The molecule has 0 spiro atoms. The Morgan fingerprint density at radius 1 is 0.278 bits per heavy atom. The van der Waals surface area contributed by atoms with E-state index in [1.54, 1.807) is 48.5 Å². The molecule has 0 aliphatic carbocycles. The van der Waals surface area contributed by atoms with Crippen molar-refractivity contribution in [3.63, 3.8) is 0 Å². The monoisotopic (exact) mass is 1470 g/mol. The van der Waals surface area contributed by atoms with Crippen LogP contribution in [0.25, 0.3) is 90.9 Å². The summed E-state index contributed by atoms with van der Waals surface area (Å²) in [5, 5.41) is 23.1. The molecule has 570 valence electrons. The molecule has 0 radical (unpaired) electrons. The van der Waals surface area contributed by atoms with Gasteiger partial charge in [-0.3, -0.25) is 38.4 Å². The second kappa shape index (κ2) is 41.1. The molecule has 0 unspecified atom stereocenters. The molecule has 0 saturated carbocycles. The third-order valence-corrected chi connectivity index (χ3v) is 18.5. The highest BCUT2D eigenvalue weighted by Gasteiger charge is 2.27. The number of aromatic nitrogens is 4. The average Bonchev–Trinajstić information content (AvgIpc) is 1.61. The topological polar surface area (TPSA) is 498 Å². The first-order valence-corrected chi connectivity index (χ1v) is 37.1. The van der Waals surface area contributed by atoms with Gasteiger partial charge in [0, 0.05) is 92.8 Å². The van der Waals surface area contributed by atoms with Crippen LogP contribution >= 0.6 is 0 Å². The van der Waals surface area contributed by atoms with Crippen LogP contribution in [0.3, 0.4) is 0 Å². The third kappa shape index (κ3) is 21.6. The number of benzene rings is 4. The molecule has 2 aliphatic heterocycles. The first-order chi connectivity index (χ1) is 52.5. The predicted molar refractivity (Wildman–Crippen MR) is 425 cm³/mol. The lowest BCUT2D eigenvalue weighted by Gasteiger charge is -2.18. The molecule has 28 nitrogen and oxygen atoms in total. The van der Waals surface area contributed by atoms with Crippen LogP contribution < -0.4 is 88.4 Å². The number of hydrogen-bond donors (Lipinski definition) is 18. The maximum Gasteiger partial charge on any atom is 0.251 e. The Hall–Kier alpha value is -11.1. The van der Waals surface area contributed by atoms with Crippen LogP contribution in [0, 0.1) is 0 Å². The van der Waals surface area contributed by atoms with Crippen molar-refractivity contribution in [1.82, 2.24) is 62.5 Å². The molecule has 28 heteroatoms. The minimum Gasteiger partial charge on any atom is -0.354 e. The maximum atomic E-state index is 14.1. The van der Waals surface area contributed by atoms with Gasteiger partial charge in [0.2, 0.25) is 23.6 Å². The summed E-state index contributed by atoms with van der Waals surface area (Å²) >= 11 is 0. The predicted octanol–water partition coefficient (Wildman–Crippen LogP) is 4.53. The molecular formula is C80H102N20O8. The Labute approximate surface area is 628 Å². The van der Waals surface area contributed by atoms with Crippen LogP contribution in [0.2, 0.25) is 0 Å². The lowest BCUT2D eigenvalue weighted by atomic mass is 10.0. The quantitative estimate of drug-likeness (QED) is 0.0234. The Morgan fingerprint density at radius 2 is 0.472 bits per heavy atom. The Bertz CT molecular complexity index is 3940. The lowest BCUT2D eigenvalue weighted by molar-refractivity contribution is -0.123. The van der Waals surface area contributed by atoms with Gasteiger partial charge in [-0.25, -0.2) is 9.97 Å². The van der Waals surface area contributed by atoms with E-state index in [1.165, 1.54) is 0 Å². The maximum absolute atomic E-state index is 14.1. The molecule has 0 fully saturated rings. The minimum absolute atomic E-state index is 0.291. The number of fused-ring (bicyclic) bond motifs is 8. The second-order valence-electron chi connectivity index (χ2n) is 26.4. The number of aromatic amines is 2. The van der Waals surface area contributed by atoms with Gasteiger partial charge in [0.25, 0.3) is 23.6 Å². The van der Waals surface area contributed by atoms with Crippen LogP contribution in [0.5, 0.6) is 0 Å². The molecule has 8 bridgehead atoms. The molecule has 8 amide bonds. The van der Waals surface area contributed by atoms with Crippen molar-refractivity contribution in [3.8, 4) is 44.5 Å². The number of carbonyl (C=O) groups is 8. The standard InChI is InChI=1S/C80H102N20O8/c81-37-1-9-65(77(105)89-45-5-41-85)97-73(101)53-21-13-49(14-22-53)69-57-29-31-59(93-57)70(50-15-23-54(24-16-50)74(102)98-66(10-2-38-82)78(106)90-46-6-42-86)61-33-35-63(95-61)72(52-19-27-56(28-20-52)76(104)100-68(12-4-40-84)80(108)92-48-8-44-88)64-36-34-62(96-64)71(60-32-30-58(69)94-60)51-17-25-55(26-18-51)75(103)99-67(11-3-39-83)79(107)91-47-7-43-87/h13-36,65-68,93,96H,1-12,37-48,81-88H2,(H,89,105)(H,90,106)(H,91,107)(H,92,108)(H,97,101)(H,98,102)(H,99,103)(H,100,104)/t65-,66-,67-,68-/m0/s1. The normalized spacial score (nSPS) is 12.7. The van der Waals surface area contributed by atoms with E-state index in [1.807, 2.05) is 97.1 Å². The second-order valence-corrected chi connectivity index (χ2v) is 26.4. The largest absolute Gasteiger partial charge is 0.354 e. The Kier molecular flexibility index (Phi) is 30.9. The number of nitrogens with two attached hydrogens (primary N) is 8. The highest BCUT2D eigenvalue weighted by Crippen LogP contribution is 2.39. The summed E-state index contributed by atoms with van der Waals surface area (Å²) in [7, 11) is 0. The summed E-state index contributed by atoms with van der Waals surface area (Å²) in [4.78, 5) is 128. The number of nitrogens with one attached hydrogen (secondary N) is 10. The smallest absolute Gasteiger partial charge is 0.251 e. The summed E-state index contributed by atoms with van der Waals surface area (Å²) in [6.45, 7) is 4.24. The van der Waals surface area contributed by atoms with Crippen LogP contribution in [-0.4, -0.2) is 170 Å². The fourth-order valence-electron chi connectivity index (χ4n) is 12.7. The summed E-state index contributed by atoms with van der Waals surface area (Å²) in [5.41, 5.74) is 57.1. The number of H-pyrrole nitrogens is 2. The van der Waals surface area contributed by atoms with Gasteiger partial charge in [-0.1, -0.05) is 48.5 Å². The van der Waals surface area contributed by atoms with Gasteiger partial charge in [0.1, 0.15) is 24.2 Å². The SMILES string of the molecule is NCCCNC(=O)[C@H](CCCN)NC(=O)c1ccc(-c2c3nc(c(-c4ccc(C(=O)N[C@@H](CCCN)C(=O)NCCCN)cc4)c4ccc([nH]4)c(-c4ccc(C(=O)N[C@@H](CCCN)C(=O)NCCCN)cc4)c4nc(c(-c5ccc(C(=O)N[C@@H](CCCN)C(=O)NCCCN)cc5)c5ccc2[nH]5)C=C4)C=C3)cc1. The fourth-order valence-corrected chi connectivity index (χ4v) is 12.7. The lowest BCUT2D eigenvalue weighted by Crippen LogP contribution is -2.47. The molecule has 26 N–H and O–H groups in total. The van der Waals surface area contributed by atoms with Crippen molar-refractivity contribution < 1.29 is 38.4 Å². The van der Waals surface area contributed by atoms with Gasteiger partial charge in [-0.15, -0.1) is 0 Å². The van der Waals surface area contributed by atoms with E-state index in [0.717, 1.165) is 0 Å². The number of amides is 8. The molecule has 0 saturated heterocycles. The molecule has 2 aliphatic rings. The van der Waals surface area contributed by atoms with Gasteiger partial charge >= 0.3 is 0 Å². The van der Waals surface area contributed by atoms with E-state index in [9.17, 15) is 38.4 Å². The minimum atomic E-state index is -0.852. The number of hydrogen-bond acceptors (Lipinski definition) is 18. The number of nitrogens with zero attached hydrogens (tertiary/aromatic N) is 2. The average molecular weight is 1470 g/mol. The van der Waals surface area contributed by atoms with Crippen molar-refractivity contribution in [2.45, 2.75) is 101 Å². The van der Waals surface area contributed by atoms with E-state index < -0.39 is 47.8 Å². The molecular weight excluding hydrogens is 1370 g/mol. The zero-order valence-electron chi connectivity index (χ0n) is 60.9. The van der Waals surface area contributed by atoms with E-state index in [4.69, 9.17) is 55.8 Å². The molecule has 9 rings (SSSR count). The zero-order valence-corrected chi connectivity index (χ0v) is 60.9. The molecule has 4 aromatic carbocycles. The van der Waals surface area contributed by atoms with Crippen molar-refractivity contribution in [2.75, 3.05) is 78.5 Å². The molecule has 7 aromatic rings. The van der Waals surface area contributed by atoms with Gasteiger partial charge in [0.15, 0.2) is 0 Å². The van der Waals surface area contributed by atoms with E-state index in [-0.39, 0.29) is 23.6 Å². The highest BCUT2D eigenvalue weighted by atomic mass is 16.2. The number of carbonyl (C=O) groups excluding carboxylic acids is 8. The first-order valence-electron chi connectivity index (χ1n) is 37.1. The summed E-state index contributed by atoms with van der Waals surface area (Å²) in [5.74, 6) is -3.23. The van der Waals surface area contributed by atoms with Crippen LogP contribution in [-0.2, 0) is 19.2 Å². The van der Waals surface area contributed by atoms with Crippen molar-refractivity contribution in [3.05, 3.63) is 166 Å². The highest BCUT2D eigenvalue weighted by molar-refractivity contribution is 6.04. The van der Waals surface area contributed by atoms with Crippen LogP contribution in [0.1, 0.15) is 141 Å². The van der Waals surface area contributed by atoms with Crippen molar-refractivity contribution in [2.24, 2.45) is 45.9 Å². The molecule has 4 atom stereocenters. The van der Waals surface area contributed by atoms with E-state index in [0.29, 0.717) is 267 Å². The van der Waals surface area contributed by atoms with Crippen molar-refractivity contribution >= 4 is 93.6 Å². The Morgan fingerprint density at radius 3 is 0.657 bits per heavy atom. The van der Waals surface area contributed by atoms with Gasteiger partial charge in [-0.05, 0) is 249 Å². The summed E-state index contributed by atoms with van der Waals surface area (Å²) in [6, 6.07) is 32.3. The molecule has 3 aromatic heterocycles. The van der Waals surface area contributed by atoms with E-state index in [2.05, 4.69) is 52.5 Å². The molecule has 5 heterocycles. The summed E-state index contributed by atoms with van der Waals surface area (Å²) in [6.07, 6.45) is 13.1. The fraction of sp³-hybridized carbons (Fsp3) is 0.350. The zero-order chi connectivity index (χ0) is 76.9. The van der Waals surface area contributed by atoms with Gasteiger partial charge in [-0.2, -0.15) is 0 Å². The molecule has 108 heavy (non-hydrogen) atoms. The van der Waals surface area contributed by atoms with Crippen molar-refractivity contribution in [1.29, 1.82) is 0 Å².